The van der Waals surface area contributed by atoms with E-state index in [0.717, 1.165) is 24.7 Å². The Hall–Kier alpha value is -1.39. The third-order valence-electron chi connectivity index (χ3n) is 4.25. The first kappa shape index (κ1) is 16.0. The Balaban J connectivity index is 1.83. The molecule has 1 aromatic carbocycles. The van der Waals surface area contributed by atoms with Crippen LogP contribution in [-0.2, 0) is 22.5 Å². The number of methoxy groups -OCH3 is 1. The SMILES string of the molecule is COC(=O)Cc1ccccc1CNCC(C)N(C)C1CC1. The van der Waals surface area contributed by atoms with Crippen LogP contribution in [-0.4, -0.2) is 43.7 Å². The molecule has 1 saturated carbocycles. The van der Waals surface area contributed by atoms with Crippen molar-refractivity contribution in [2.45, 2.75) is 44.8 Å². The Bertz CT molecular complexity index is 472. The highest BCUT2D eigenvalue weighted by Crippen LogP contribution is 2.26. The first-order valence-electron chi connectivity index (χ1n) is 7.68. The van der Waals surface area contributed by atoms with E-state index in [9.17, 15) is 4.79 Å². The van der Waals surface area contributed by atoms with Gasteiger partial charge in [0.15, 0.2) is 0 Å². The number of rotatable bonds is 8. The first-order valence-corrected chi connectivity index (χ1v) is 7.68. The molecule has 0 radical (unpaired) electrons. The Morgan fingerprint density at radius 1 is 1.38 bits per heavy atom. The summed E-state index contributed by atoms with van der Waals surface area (Å²) in [5.41, 5.74) is 2.21. The number of ether oxygens (including phenoxy) is 1. The lowest BCUT2D eigenvalue weighted by Crippen LogP contribution is -2.39. The molecule has 4 heteroatoms. The largest absolute Gasteiger partial charge is 0.469 e. The summed E-state index contributed by atoms with van der Waals surface area (Å²) in [5, 5.41) is 3.50. The monoisotopic (exact) mass is 290 g/mol. The molecule has 1 aliphatic carbocycles. The Labute approximate surface area is 127 Å². The number of hydrogen-bond donors (Lipinski definition) is 1. The molecular weight excluding hydrogens is 264 g/mol. The maximum absolute atomic E-state index is 11.4. The van der Waals surface area contributed by atoms with Gasteiger partial charge in [-0.1, -0.05) is 24.3 Å². The summed E-state index contributed by atoms with van der Waals surface area (Å²) >= 11 is 0. The second kappa shape index (κ2) is 7.57. The fourth-order valence-electron chi connectivity index (χ4n) is 2.53. The number of likely N-dealkylation sites (N-methyl/N-ethyl adjacent to an activating group) is 1. The minimum atomic E-state index is -0.190. The number of carbonyl (C=O) groups excluding carboxylic acids is 1. The Kier molecular flexibility index (Phi) is 5.76. The van der Waals surface area contributed by atoms with E-state index in [1.54, 1.807) is 0 Å². The molecule has 1 atom stereocenters. The van der Waals surface area contributed by atoms with E-state index in [4.69, 9.17) is 4.74 Å². The summed E-state index contributed by atoms with van der Waals surface area (Å²) in [4.78, 5) is 13.9. The van der Waals surface area contributed by atoms with Crippen LogP contribution >= 0.6 is 0 Å². The van der Waals surface area contributed by atoms with Gasteiger partial charge in [-0.05, 0) is 37.9 Å². The zero-order chi connectivity index (χ0) is 15.2. The molecule has 1 fully saturated rings. The molecule has 1 unspecified atom stereocenters. The summed E-state index contributed by atoms with van der Waals surface area (Å²) in [6.45, 7) is 4.00. The quantitative estimate of drug-likeness (QED) is 0.743. The predicted molar refractivity (Wildman–Crippen MR) is 84.1 cm³/mol. The van der Waals surface area contributed by atoms with E-state index in [1.807, 2.05) is 18.2 Å². The number of benzene rings is 1. The summed E-state index contributed by atoms with van der Waals surface area (Å²) in [5.74, 6) is -0.190. The molecule has 0 amide bonds. The molecule has 0 bridgehead atoms. The van der Waals surface area contributed by atoms with Gasteiger partial charge in [0.05, 0.1) is 13.5 Å². The summed E-state index contributed by atoms with van der Waals surface area (Å²) < 4.78 is 4.75. The van der Waals surface area contributed by atoms with Gasteiger partial charge in [0.2, 0.25) is 0 Å². The fraction of sp³-hybridized carbons (Fsp3) is 0.588. The van der Waals surface area contributed by atoms with Crippen LogP contribution < -0.4 is 5.32 Å². The number of esters is 1. The van der Waals surface area contributed by atoms with Gasteiger partial charge in [-0.3, -0.25) is 9.69 Å². The van der Waals surface area contributed by atoms with Crippen LogP contribution in [0.2, 0.25) is 0 Å². The summed E-state index contributed by atoms with van der Waals surface area (Å²) in [7, 11) is 3.63. The number of nitrogens with zero attached hydrogens (tertiary/aromatic N) is 1. The highest BCUT2D eigenvalue weighted by atomic mass is 16.5. The van der Waals surface area contributed by atoms with E-state index < -0.39 is 0 Å². The zero-order valence-corrected chi connectivity index (χ0v) is 13.3. The van der Waals surface area contributed by atoms with Crippen LogP contribution in [0.5, 0.6) is 0 Å². The smallest absolute Gasteiger partial charge is 0.309 e. The number of nitrogens with one attached hydrogen (secondary N) is 1. The van der Waals surface area contributed by atoms with Crippen molar-refractivity contribution in [3.63, 3.8) is 0 Å². The van der Waals surface area contributed by atoms with Gasteiger partial charge in [-0.15, -0.1) is 0 Å². The van der Waals surface area contributed by atoms with E-state index in [2.05, 4.69) is 30.3 Å². The van der Waals surface area contributed by atoms with E-state index in [0.29, 0.717) is 12.5 Å². The van der Waals surface area contributed by atoms with Crippen LogP contribution in [0.1, 0.15) is 30.9 Å². The number of hydrogen-bond acceptors (Lipinski definition) is 4. The van der Waals surface area contributed by atoms with E-state index >= 15 is 0 Å². The van der Waals surface area contributed by atoms with Crippen molar-refractivity contribution < 1.29 is 9.53 Å². The van der Waals surface area contributed by atoms with Crippen molar-refractivity contribution in [3.8, 4) is 0 Å². The lowest BCUT2D eigenvalue weighted by atomic mass is 10.0. The van der Waals surface area contributed by atoms with Crippen molar-refractivity contribution >= 4 is 5.97 Å². The second-order valence-corrected chi connectivity index (χ2v) is 5.90. The average Bonchev–Trinajstić information content (AvgIpc) is 3.32. The molecule has 4 nitrogen and oxygen atoms in total. The van der Waals surface area contributed by atoms with Crippen LogP contribution in [0.15, 0.2) is 24.3 Å². The third-order valence-corrected chi connectivity index (χ3v) is 4.25. The van der Waals surface area contributed by atoms with Crippen molar-refractivity contribution in [3.05, 3.63) is 35.4 Å². The second-order valence-electron chi connectivity index (χ2n) is 5.90. The standard InChI is InChI=1S/C17H26N2O2/c1-13(19(2)16-8-9-16)11-18-12-15-7-5-4-6-14(15)10-17(20)21-3/h4-7,13,16,18H,8-12H2,1-3H3. The van der Waals surface area contributed by atoms with Gasteiger partial charge >= 0.3 is 5.97 Å². The summed E-state index contributed by atoms with van der Waals surface area (Å²) in [6, 6.07) is 9.36. The zero-order valence-electron chi connectivity index (χ0n) is 13.3. The maximum Gasteiger partial charge on any atom is 0.309 e. The van der Waals surface area contributed by atoms with Gasteiger partial charge in [0.1, 0.15) is 0 Å². The van der Waals surface area contributed by atoms with Gasteiger partial charge in [0.25, 0.3) is 0 Å². The van der Waals surface area contributed by atoms with Crippen molar-refractivity contribution in [1.29, 1.82) is 0 Å². The van der Waals surface area contributed by atoms with Crippen molar-refractivity contribution in [2.24, 2.45) is 0 Å². The highest BCUT2D eigenvalue weighted by Gasteiger charge is 2.28. The van der Waals surface area contributed by atoms with Gasteiger partial charge < -0.3 is 10.1 Å². The van der Waals surface area contributed by atoms with E-state index in [1.165, 1.54) is 25.5 Å². The predicted octanol–water partition coefficient (Wildman–Crippen LogP) is 1.97. The molecule has 116 valence electrons. The van der Waals surface area contributed by atoms with Crippen LogP contribution in [0.3, 0.4) is 0 Å². The Morgan fingerprint density at radius 3 is 2.67 bits per heavy atom. The van der Waals surface area contributed by atoms with Crippen molar-refractivity contribution in [2.75, 3.05) is 20.7 Å². The highest BCUT2D eigenvalue weighted by molar-refractivity contribution is 5.72. The fourth-order valence-corrected chi connectivity index (χ4v) is 2.53. The molecule has 1 N–H and O–H groups in total. The lowest BCUT2D eigenvalue weighted by molar-refractivity contribution is -0.139. The average molecular weight is 290 g/mol. The van der Waals surface area contributed by atoms with Gasteiger partial charge in [0, 0.05) is 25.2 Å². The number of carbonyl (C=O) groups is 1. The topological polar surface area (TPSA) is 41.6 Å². The molecule has 0 aromatic heterocycles. The Morgan fingerprint density at radius 2 is 2.05 bits per heavy atom. The maximum atomic E-state index is 11.4. The van der Waals surface area contributed by atoms with Gasteiger partial charge in [-0.25, -0.2) is 0 Å². The molecule has 21 heavy (non-hydrogen) atoms. The lowest BCUT2D eigenvalue weighted by Gasteiger charge is -2.25. The van der Waals surface area contributed by atoms with Crippen LogP contribution in [0.25, 0.3) is 0 Å². The van der Waals surface area contributed by atoms with Crippen LogP contribution in [0, 0.1) is 0 Å². The molecule has 1 aliphatic rings. The minimum absolute atomic E-state index is 0.190. The van der Waals surface area contributed by atoms with Gasteiger partial charge in [-0.2, -0.15) is 0 Å². The molecule has 0 spiro atoms. The van der Waals surface area contributed by atoms with Crippen molar-refractivity contribution in [1.82, 2.24) is 10.2 Å². The minimum Gasteiger partial charge on any atom is -0.469 e. The van der Waals surface area contributed by atoms with Crippen LogP contribution in [0.4, 0.5) is 0 Å². The molecule has 1 aromatic rings. The first-order chi connectivity index (χ1) is 10.1. The normalized spacial score (nSPS) is 16.0. The molecule has 0 saturated heterocycles. The van der Waals surface area contributed by atoms with E-state index in [-0.39, 0.29) is 5.97 Å². The molecule has 0 aliphatic heterocycles. The third kappa shape index (κ3) is 4.83. The molecule has 0 heterocycles. The molecular formula is C17H26N2O2. The molecule has 2 rings (SSSR count). The summed E-state index contributed by atoms with van der Waals surface area (Å²) in [6.07, 6.45) is 3.01.